The van der Waals surface area contributed by atoms with E-state index in [2.05, 4.69) is 10.3 Å². The van der Waals surface area contributed by atoms with E-state index in [0.29, 0.717) is 5.39 Å². The largest absolute Gasteiger partial charge is 1.00 e. The minimum Gasteiger partial charge on any atom is -0.735 e. The summed E-state index contributed by atoms with van der Waals surface area (Å²) in [5.41, 5.74) is 1.05. The topological polar surface area (TPSA) is 71.5 Å². The van der Waals surface area contributed by atoms with Gasteiger partial charge >= 0.3 is 29.6 Å². The average molecular weight is 199 g/mol. The smallest absolute Gasteiger partial charge is 0.735 e. The second-order valence-electron chi connectivity index (χ2n) is 2.57. The fourth-order valence-corrected chi connectivity index (χ4v) is 1.26. The van der Waals surface area contributed by atoms with E-state index in [1.165, 1.54) is 6.20 Å². The van der Waals surface area contributed by atoms with Crippen molar-refractivity contribution in [2.45, 2.75) is 0 Å². The molecule has 1 aromatic heterocycles. The summed E-state index contributed by atoms with van der Waals surface area (Å²) in [7, 11) is 0. The van der Waals surface area contributed by atoms with Gasteiger partial charge in [-0.25, -0.2) is 0 Å². The monoisotopic (exact) mass is 199 g/mol. The van der Waals surface area contributed by atoms with Gasteiger partial charge in [-0.1, -0.05) is 18.2 Å². The molecule has 0 spiro atoms. The van der Waals surface area contributed by atoms with Gasteiger partial charge in [0.2, 0.25) is 0 Å². The van der Waals surface area contributed by atoms with Gasteiger partial charge in [0.05, 0.1) is 5.69 Å². The van der Waals surface area contributed by atoms with E-state index in [9.17, 15) is 10.1 Å². The summed E-state index contributed by atoms with van der Waals surface area (Å²) in [6.45, 7) is 0. The Hall–Kier alpha value is -0.880. The van der Waals surface area contributed by atoms with Crippen LogP contribution in [0.1, 0.15) is 0 Å². The summed E-state index contributed by atoms with van der Waals surface area (Å²) in [5.74, 6) is 0. The quantitative estimate of drug-likeness (QED) is 0.389. The minimum absolute atomic E-state index is 0. The third-order valence-electron chi connectivity index (χ3n) is 1.85. The Morgan fingerprint density at radius 2 is 2.07 bits per heavy atom. The molecule has 0 atom stereocenters. The molecule has 0 bridgehead atoms. The summed E-state index contributed by atoms with van der Waals surface area (Å²) in [5, 5.41) is 13.9. The van der Waals surface area contributed by atoms with Crippen LogP contribution in [0.4, 0.5) is 5.69 Å². The molecule has 6 heteroatoms. The van der Waals surface area contributed by atoms with Crippen molar-refractivity contribution in [1.29, 1.82) is 0 Å². The number of aromatic nitrogens is 1. The first-order chi connectivity index (χ1) is 6.33. The van der Waals surface area contributed by atoms with Gasteiger partial charge in [-0.05, 0) is 6.07 Å². The standard InChI is InChI=1S/C8H6N3O2.Na/c12-10-11(13)8-5-9-7-4-2-1-3-6(7)8;/h1-5,9H;/q-1;+1. The molecule has 1 N–H and O–H groups in total. The van der Waals surface area contributed by atoms with Crippen LogP contribution in [0.25, 0.3) is 10.9 Å². The zero-order valence-corrected chi connectivity index (χ0v) is 9.60. The number of aromatic amines is 1. The van der Waals surface area contributed by atoms with Crippen molar-refractivity contribution < 1.29 is 29.6 Å². The summed E-state index contributed by atoms with van der Waals surface area (Å²) in [6.07, 6.45) is 1.46. The minimum atomic E-state index is 0. The fourth-order valence-electron chi connectivity index (χ4n) is 1.26. The molecular weight excluding hydrogens is 193 g/mol. The van der Waals surface area contributed by atoms with Crippen LogP contribution in [0.3, 0.4) is 0 Å². The number of nitrogens with one attached hydrogen (secondary N) is 1. The van der Waals surface area contributed by atoms with Crippen molar-refractivity contribution in [2.24, 2.45) is 5.29 Å². The van der Waals surface area contributed by atoms with Crippen molar-refractivity contribution in [3.63, 3.8) is 0 Å². The van der Waals surface area contributed by atoms with Crippen LogP contribution < -0.4 is 34.7 Å². The predicted octanol–water partition coefficient (Wildman–Crippen LogP) is -0.843. The Morgan fingerprint density at radius 3 is 2.79 bits per heavy atom. The molecule has 0 radical (unpaired) electrons. The van der Waals surface area contributed by atoms with Crippen LogP contribution in [-0.4, -0.2) is 4.98 Å². The molecule has 14 heavy (non-hydrogen) atoms. The molecule has 2 aromatic rings. The normalized spacial score (nSPS) is 9.50. The van der Waals surface area contributed by atoms with E-state index in [0.717, 1.165) is 5.52 Å². The Labute approximate surface area is 102 Å². The van der Waals surface area contributed by atoms with Crippen LogP contribution in [0.2, 0.25) is 0 Å². The number of fused-ring (bicyclic) bond motifs is 1. The molecule has 0 aliphatic rings. The first-order valence-corrected chi connectivity index (χ1v) is 3.69. The number of anilines is 1. The molecule has 1 aromatic carbocycles. The Balaban J connectivity index is 0.000000980. The second kappa shape index (κ2) is 4.56. The van der Waals surface area contributed by atoms with Crippen molar-refractivity contribution in [1.82, 2.24) is 4.98 Å². The first kappa shape index (κ1) is 11.2. The molecule has 1 heterocycles. The van der Waals surface area contributed by atoms with E-state index >= 15 is 0 Å². The molecule has 0 aliphatic carbocycles. The molecule has 0 saturated carbocycles. The molecule has 66 valence electrons. The number of hydrogen-bond acceptors (Lipinski definition) is 3. The number of para-hydroxylation sites is 1. The van der Waals surface area contributed by atoms with Gasteiger partial charge in [-0.2, -0.15) is 0 Å². The Bertz CT molecular complexity index is 443. The maximum atomic E-state index is 10.9. The van der Waals surface area contributed by atoms with Crippen LogP contribution in [0.15, 0.2) is 35.7 Å². The summed E-state index contributed by atoms with van der Waals surface area (Å²) >= 11 is 0. The molecule has 0 saturated heterocycles. The fraction of sp³-hybridized carbons (Fsp3) is 0. The molecule has 0 amide bonds. The number of nitrogens with zero attached hydrogens (tertiary/aromatic N) is 2. The Morgan fingerprint density at radius 1 is 1.36 bits per heavy atom. The third-order valence-corrected chi connectivity index (χ3v) is 1.85. The van der Waals surface area contributed by atoms with E-state index in [1.807, 2.05) is 12.1 Å². The number of benzene rings is 1. The number of hydrogen-bond donors (Lipinski definition) is 1. The van der Waals surface area contributed by atoms with Crippen molar-refractivity contribution in [2.75, 3.05) is 5.17 Å². The molecule has 2 rings (SSSR count). The molecular formula is C8H6N3NaO2. The van der Waals surface area contributed by atoms with Crippen molar-refractivity contribution in [3.05, 3.63) is 40.6 Å². The molecule has 0 aliphatic heterocycles. The third kappa shape index (κ3) is 1.80. The zero-order chi connectivity index (χ0) is 9.26. The van der Waals surface area contributed by atoms with Gasteiger partial charge in [-0.3, -0.25) is 5.17 Å². The van der Waals surface area contributed by atoms with Crippen LogP contribution in [0.5, 0.6) is 0 Å². The molecule has 0 unspecified atom stereocenters. The van der Waals surface area contributed by atoms with Crippen molar-refractivity contribution >= 4 is 16.6 Å². The van der Waals surface area contributed by atoms with E-state index < -0.39 is 0 Å². The van der Waals surface area contributed by atoms with Crippen LogP contribution in [0, 0.1) is 10.1 Å². The number of H-pyrrole nitrogens is 1. The maximum absolute atomic E-state index is 10.9. The van der Waals surface area contributed by atoms with E-state index in [-0.39, 0.29) is 40.4 Å². The summed E-state index contributed by atoms with van der Waals surface area (Å²) in [4.78, 5) is 12.9. The van der Waals surface area contributed by atoms with Gasteiger partial charge in [0.15, 0.2) is 0 Å². The molecule has 5 nitrogen and oxygen atoms in total. The van der Waals surface area contributed by atoms with Gasteiger partial charge in [0.25, 0.3) is 0 Å². The average Bonchev–Trinajstić information content (AvgIpc) is 2.60. The maximum Gasteiger partial charge on any atom is 1.00 e. The SMILES string of the molecule is O=NN([O-])c1c[nH]c2ccccc12.[Na+]. The van der Waals surface area contributed by atoms with Gasteiger partial charge in [0, 0.05) is 22.4 Å². The second-order valence-corrected chi connectivity index (χ2v) is 2.57. The van der Waals surface area contributed by atoms with Gasteiger partial charge < -0.3 is 10.2 Å². The van der Waals surface area contributed by atoms with Crippen LogP contribution in [-0.2, 0) is 0 Å². The Kier molecular flexibility index (Phi) is 3.65. The summed E-state index contributed by atoms with van der Waals surface area (Å²) in [6, 6.07) is 7.19. The predicted molar refractivity (Wildman–Crippen MR) is 49.9 cm³/mol. The summed E-state index contributed by atoms with van der Waals surface area (Å²) < 4.78 is 0. The van der Waals surface area contributed by atoms with E-state index in [4.69, 9.17) is 0 Å². The van der Waals surface area contributed by atoms with Crippen LogP contribution >= 0.6 is 0 Å². The van der Waals surface area contributed by atoms with Gasteiger partial charge in [0.1, 0.15) is 0 Å². The molecule has 0 fully saturated rings. The van der Waals surface area contributed by atoms with Gasteiger partial charge in [-0.15, -0.1) is 4.91 Å². The van der Waals surface area contributed by atoms with Crippen molar-refractivity contribution in [3.8, 4) is 0 Å². The van der Waals surface area contributed by atoms with E-state index in [1.54, 1.807) is 12.1 Å². The zero-order valence-electron chi connectivity index (χ0n) is 7.60. The number of nitroso groups, excluding NO2 is 1. The first-order valence-electron chi connectivity index (χ1n) is 3.69. The number of rotatable bonds is 2.